The molecule has 0 radical (unpaired) electrons. The maximum Gasteiger partial charge on any atom is 0.416 e. The van der Waals surface area contributed by atoms with Crippen LogP contribution in [-0.4, -0.2) is 16.2 Å². The lowest BCUT2D eigenvalue weighted by Gasteiger charge is -2.11. The van der Waals surface area contributed by atoms with Crippen molar-refractivity contribution in [1.29, 1.82) is 0 Å². The Morgan fingerprint density at radius 1 is 1.10 bits per heavy atom. The van der Waals surface area contributed by atoms with Gasteiger partial charge in [0.2, 0.25) is 0 Å². The van der Waals surface area contributed by atoms with Crippen molar-refractivity contribution in [2.45, 2.75) is 12.6 Å². The first-order chi connectivity index (χ1) is 9.77. The van der Waals surface area contributed by atoms with Crippen LogP contribution in [0.25, 0.3) is 11.1 Å². The summed E-state index contributed by atoms with van der Waals surface area (Å²) in [5.74, 6) is -1.26. The van der Waals surface area contributed by atoms with E-state index in [9.17, 15) is 23.1 Å². The summed E-state index contributed by atoms with van der Waals surface area (Å²) in [4.78, 5) is 10.7. The number of benzene rings is 2. The van der Waals surface area contributed by atoms with Gasteiger partial charge >= 0.3 is 12.1 Å². The first kappa shape index (κ1) is 14.9. The highest BCUT2D eigenvalue weighted by molar-refractivity contribution is 5.75. The minimum Gasteiger partial charge on any atom is -0.507 e. The molecule has 0 saturated heterocycles. The van der Waals surface area contributed by atoms with E-state index in [0.717, 1.165) is 12.1 Å². The van der Waals surface area contributed by atoms with Crippen molar-refractivity contribution < 1.29 is 28.2 Å². The Labute approximate surface area is 118 Å². The van der Waals surface area contributed by atoms with Crippen LogP contribution in [0.4, 0.5) is 13.2 Å². The number of aliphatic carboxylic acids is 1. The average molecular weight is 296 g/mol. The zero-order chi connectivity index (χ0) is 15.6. The Hall–Kier alpha value is -2.50. The standard InChI is InChI=1S/C15H11F3O3/c16-15(17,18)11-3-1-2-10(8-11)12-6-9(7-14(20)21)4-5-13(12)19/h1-6,8,19H,7H2,(H,20,21). The second-order valence-corrected chi connectivity index (χ2v) is 4.50. The number of carboxylic acids is 1. The lowest BCUT2D eigenvalue weighted by molar-refractivity contribution is -0.138. The smallest absolute Gasteiger partial charge is 0.416 e. The monoisotopic (exact) mass is 296 g/mol. The molecule has 0 spiro atoms. The van der Waals surface area contributed by atoms with Gasteiger partial charge in [0.15, 0.2) is 0 Å². The van der Waals surface area contributed by atoms with Crippen molar-refractivity contribution in [3.63, 3.8) is 0 Å². The molecule has 110 valence electrons. The highest BCUT2D eigenvalue weighted by Gasteiger charge is 2.30. The van der Waals surface area contributed by atoms with Gasteiger partial charge < -0.3 is 10.2 Å². The summed E-state index contributed by atoms with van der Waals surface area (Å²) in [6, 6.07) is 8.57. The third-order valence-corrected chi connectivity index (χ3v) is 2.92. The molecule has 2 aromatic carbocycles. The van der Waals surface area contributed by atoms with Gasteiger partial charge in [0, 0.05) is 5.56 Å². The fourth-order valence-electron chi connectivity index (χ4n) is 1.96. The Kier molecular flexibility index (Phi) is 3.88. The van der Waals surface area contributed by atoms with Crippen LogP contribution in [0.3, 0.4) is 0 Å². The molecule has 0 aliphatic carbocycles. The van der Waals surface area contributed by atoms with Gasteiger partial charge in [-0.2, -0.15) is 13.2 Å². The summed E-state index contributed by atoms with van der Waals surface area (Å²) in [5.41, 5.74) is -0.0924. The average Bonchev–Trinajstić information content (AvgIpc) is 2.39. The van der Waals surface area contributed by atoms with Crippen LogP contribution >= 0.6 is 0 Å². The molecule has 0 unspecified atom stereocenters. The molecule has 0 aliphatic heterocycles. The molecule has 0 aliphatic rings. The number of hydrogen-bond acceptors (Lipinski definition) is 2. The summed E-state index contributed by atoms with van der Waals surface area (Å²) >= 11 is 0. The number of phenolic OH excluding ortho intramolecular Hbond substituents is 1. The molecule has 21 heavy (non-hydrogen) atoms. The number of rotatable bonds is 3. The fourth-order valence-corrected chi connectivity index (χ4v) is 1.96. The minimum absolute atomic E-state index is 0.167. The van der Waals surface area contributed by atoms with Gasteiger partial charge in [0.1, 0.15) is 5.75 Å². The number of hydrogen-bond donors (Lipinski definition) is 2. The Bertz CT molecular complexity index is 678. The van der Waals surface area contributed by atoms with E-state index in [0.29, 0.717) is 5.56 Å². The second-order valence-electron chi connectivity index (χ2n) is 4.50. The normalized spacial score (nSPS) is 11.4. The lowest BCUT2D eigenvalue weighted by Crippen LogP contribution is -2.04. The number of aromatic hydroxyl groups is 1. The summed E-state index contributed by atoms with van der Waals surface area (Å²) < 4.78 is 38.1. The number of carbonyl (C=O) groups is 1. The number of phenols is 1. The molecule has 0 amide bonds. The van der Waals surface area contributed by atoms with E-state index in [2.05, 4.69) is 0 Å². The maximum absolute atomic E-state index is 12.7. The fraction of sp³-hybridized carbons (Fsp3) is 0.133. The maximum atomic E-state index is 12.7. The third-order valence-electron chi connectivity index (χ3n) is 2.92. The van der Waals surface area contributed by atoms with Crippen LogP contribution in [0.2, 0.25) is 0 Å². The van der Waals surface area contributed by atoms with Gasteiger partial charge in [-0.1, -0.05) is 18.2 Å². The summed E-state index contributed by atoms with van der Waals surface area (Å²) in [6.45, 7) is 0. The minimum atomic E-state index is -4.48. The topological polar surface area (TPSA) is 57.5 Å². The summed E-state index contributed by atoms with van der Waals surface area (Å²) in [6.07, 6.45) is -4.75. The predicted octanol–water partition coefficient (Wildman–Crippen LogP) is 3.71. The molecule has 0 saturated carbocycles. The van der Waals surface area contributed by atoms with Gasteiger partial charge in [-0.3, -0.25) is 4.79 Å². The Balaban J connectivity index is 2.48. The van der Waals surface area contributed by atoms with E-state index in [-0.39, 0.29) is 23.3 Å². The van der Waals surface area contributed by atoms with Gasteiger partial charge in [0.05, 0.1) is 12.0 Å². The number of halogens is 3. The zero-order valence-electron chi connectivity index (χ0n) is 10.7. The third kappa shape index (κ3) is 3.53. The van der Waals surface area contributed by atoms with Crippen LogP contribution in [0, 0.1) is 0 Å². The first-order valence-electron chi connectivity index (χ1n) is 5.98. The molecule has 2 N–H and O–H groups in total. The number of carboxylic acid groups (broad SMARTS) is 1. The molecule has 2 aromatic rings. The van der Waals surface area contributed by atoms with E-state index < -0.39 is 17.7 Å². The predicted molar refractivity (Wildman–Crippen MR) is 69.9 cm³/mol. The highest BCUT2D eigenvalue weighted by atomic mass is 19.4. The molecular formula is C15H11F3O3. The van der Waals surface area contributed by atoms with Crippen LogP contribution in [0.1, 0.15) is 11.1 Å². The van der Waals surface area contributed by atoms with E-state index >= 15 is 0 Å². The van der Waals surface area contributed by atoms with Crippen LogP contribution in [0.15, 0.2) is 42.5 Å². The summed E-state index contributed by atoms with van der Waals surface area (Å²) in [7, 11) is 0. The second kappa shape index (κ2) is 5.47. The van der Waals surface area contributed by atoms with Crippen molar-refractivity contribution in [2.24, 2.45) is 0 Å². The van der Waals surface area contributed by atoms with Gasteiger partial charge in [-0.25, -0.2) is 0 Å². The molecule has 3 nitrogen and oxygen atoms in total. The van der Waals surface area contributed by atoms with Crippen LogP contribution in [-0.2, 0) is 17.4 Å². The molecule has 0 heterocycles. The van der Waals surface area contributed by atoms with Crippen molar-refractivity contribution >= 4 is 5.97 Å². The first-order valence-corrected chi connectivity index (χ1v) is 5.98. The van der Waals surface area contributed by atoms with Crippen molar-refractivity contribution in [1.82, 2.24) is 0 Å². The Morgan fingerprint density at radius 3 is 2.43 bits per heavy atom. The zero-order valence-corrected chi connectivity index (χ0v) is 10.7. The lowest BCUT2D eigenvalue weighted by atomic mass is 9.99. The Morgan fingerprint density at radius 2 is 1.81 bits per heavy atom. The molecular weight excluding hydrogens is 285 g/mol. The number of alkyl halides is 3. The van der Waals surface area contributed by atoms with E-state index in [1.807, 2.05) is 0 Å². The van der Waals surface area contributed by atoms with Gasteiger partial charge in [-0.15, -0.1) is 0 Å². The molecule has 0 fully saturated rings. The molecule has 6 heteroatoms. The van der Waals surface area contributed by atoms with Crippen molar-refractivity contribution in [2.75, 3.05) is 0 Å². The van der Waals surface area contributed by atoms with Crippen molar-refractivity contribution in [3.05, 3.63) is 53.6 Å². The van der Waals surface area contributed by atoms with Crippen LogP contribution in [0.5, 0.6) is 5.75 Å². The molecule has 2 rings (SSSR count). The van der Waals surface area contributed by atoms with Crippen molar-refractivity contribution in [3.8, 4) is 16.9 Å². The SMILES string of the molecule is O=C(O)Cc1ccc(O)c(-c2cccc(C(F)(F)F)c2)c1. The van der Waals surface area contributed by atoms with Crippen LogP contribution < -0.4 is 0 Å². The quantitative estimate of drug-likeness (QED) is 0.908. The molecule has 0 aromatic heterocycles. The molecule has 0 bridgehead atoms. The highest BCUT2D eigenvalue weighted by Crippen LogP contribution is 2.35. The van der Waals surface area contributed by atoms with E-state index in [4.69, 9.17) is 5.11 Å². The van der Waals surface area contributed by atoms with E-state index in [1.54, 1.807) is 0 Å². The van der Waals surface area contributed by atoms with E-state index in [1.165, 1.54) is 30.3 Å². The summed E-state index contributed by atoms with van der Waals surface area (Å²) in [5, 5.41) is 18.5. The van der Waals surface area contributed by atoms with Gasteiger partial charge in [-0.05, 0) is 35.4 Å². The van der Waals surface area contributed by atoms with Gasteiger partial charge in [0.25, 0.3) is 0 Å². The molecule has 0 atom stereocenters. The largest absolute Gasteiger partial charge is 0.507 e.